The molecule has 2 aromatic rings. The lowest BCUT2D eigenvalue weighted by Gasteiger charge is -2.25. The Bertz CT molecular complexity index is 659. The minimum absolute atomic E-state index is 0.225. The van der Waals surface area contributed by atoms with Gasteiger partial charge in [-0.3, -0.25) is 4.79 Å². The molecular weight excluding hydrogens is 363 g/mol. The van der Waals surface area contributed by atoms with Gasteiger partial charge in [-0.1, -0.05) is 11.6 Å². The lowest BCUT2D eigenvalue weighted by Crippen LogP contribution is -2.42. The van der Waals surface area contributed by atoms with Gasteiger partial charge in [-0.2, -0.15) is 13.2 Å². The molecule has 0 bridgehead atoms. The van der Waals surface area contributed by atoms with Gasteiger partial charge in [0.2, 0.25) is 5.91 Å². The van der Waals surface area contributed by atoms with Crippen molar-refractivity contribution in [2.45, 2.75) is 29.8 Å². The Labute approximate surface area is 146 Å². The van der Waals surface area contributed by atoms with E-state index >= 15 is 0 Å². The van der Waals surface area contributed by atoms with Crippen LogP contribution in [0.3, 0.4) is 0 Å². The molecule has 0 fully saturated rings. The quantitative estimate of drug-likeness (QED) is 0.664. The van der Waals surface area contributed by atoms with Crippen molar-refractivity contribution >= 4 is 29.3 Å². The van der Waals surface area contributed by atoms with E-state index in [1.165, 1.54) is 24.1 Å². The number of rotatable bonds is 6. The first-order valence-electron chi connectivity index (χ1n) is 7.05. The summed E-state index contributed by atoms with van der Waals surface area (Å²) in [6.45, 7) is 0.0298. The number of amides is 1. The molecule has 1 amide bonds. The highest BCUT2D eigenvalue weighted by atomic mass is 35.5. The summed E-state index contributed by atoms with van der Waals surface area (Å²) >= 11 is 6.97. The Morgan fingerprint density at radius 2 is 1.96 bits per heavy atom. The molecule has 0 aliphatic carbocycles. The third-order valence-electron chi connectivity index (χ3n) is 3.08. The molecule has 1 heterocycles. The van der Waals surface area contributed by atoms with Gasteiger partial charge in [0.05, 0.1) is 18.1 Å². The first-order chi connectivity index (χ1) is 11.2. The summed E-state index contributed by atoms with van der Waals surface area (Å²) in [5.74, 6) is -0.306. The van der Waals surface area contributed by atoms with Gasteiger partial charge in [-0.05, 0) is 43.3 Å². The summed E-state index contributed by atoms with van der Waals surface area (Å²) in [6.07, 6.45) is -3.12. The Morgan fingerprint density at radius 3 is 2.50 bits per heavy atom. The molecule has 1 aromatic carbocycles. The van der Waals surface area contributed by atoms with Crippen LogP contribution in [0.1, 0.15) is 12.7 Å². The normalized spacial score (nSPS) is 12.9. The van der Waals surface area contributed by atoms with Crippen molar-refractivity contribution in [1.29, 1.82) is 0 Å². The summed E-state index contributed by atoms with van der Waals surface area (Å²) < 4.78 is 43.4. The van der Waals surface area contributed by atoms with Crippen LogP contribution in [0.4, 0.5) is 13.2 Å². The fourth-order valence-electron chi connectivity index (χ4n) is 2.04. The number of halogens is 4. The van der Waals surface area contributed by atoms with E-state index in [0.29, 0.717) is 10.8 Å². The number of thioether (sulfide) groups is 1. The van der Waals surface area contributed by atoms with Gasteiger partial charge >= 0.3 is 6.18 Å². The van der Waals surface area contributed by atoms with E-state index in [9.17, 15) is 18.0 Å². The van der Waals surface area contributed by atoms with Crippen LogP contribution in [0.15, 0.2) is 52.0 Å². The lowest BCUT2D eigenvalue weighted by molar-refractivity contribution is -0.162. The van der Waals surface area contributed by atoms with E-state index in [4.69, 9.17) is 16.0 Å². The maximum absolute atomic E-state index is 12.8. The first-order valence-corrected chi connectivity index (χ1v) is 8.30. The number of carbonyl (C=O) groups excluding carboxylic acids is 1. The monoisotopic (exact) mass is 377 g/mol. The van der Waals surface area contributed by atoms with E-state index in [0.717, 1.165) is 9.80 Å². The maximum Gasteiger partial charge on any atom is 0.406 e. The fraction of sp³-hybridized carbons (Fsp3) is 0.312. The van der Waals surface area contributed by atoms with Crippen molar-refractivity contribution in [3.63, 3.8) is 0 Å². The number of hydrogen-bond acceptors (Lipinski definition) is 3. The molecule has 0 saturated heterocycles. The van der Waals surface area contributed by atoms with E-state index in [2.05, 4.69) is 0 Å². The Hall–Kier alpha value is -1.60. The largest absolute Gasteiger partial charge is 0.467 e. The van der Waals surface area contributed by atoms with Gasteiger partial charge in [0.1, 0.15) is 12.3 Å². The second-order valence-electron chi connectivity index (χ2n) is 5.10. The van der Waals surface area contributed by atoms with Crippen molar-refractivity contribution in [3.8, 4) is 0 Å². The minimum Gasteiger partial charge on any atom is -0.467 e. The third kappa shape index (κ3) is 5.79. The van der Waals surface area contributed by atoms with Crippen molar-refractivity contribution < 1.29 is 22.4 Å². The SMILES string of the molecule is CC(Sc1ccc(Cl)cc1)C(=O)N(Cc1ccco1)CC(F)(F)F. The van der Waals surface area contributed by atoms with Gasteiger partial charge in [0.15, 0.2) is 0 Å². The van der Waals surface area contributed by atoms with Crippen molar-refractivity contribution in [2.24, 2.45) is 0 Å². The molecule has 1 aromatic heterocycles. The maximum atomic E-state index is 12.8. The average molecular weight is 378 g/mol. The molecule has 1 atom stereocenters. The minimum atomic E-state index is -4.48. The van der Waals surface area contributed by atoms with E-state index in [1.54, 1.807) is 37.3 Å². The Morgan fingerprint density at radius 1 is 1.29 bits per heavy atom. The third-order valence-corrected chi connectivity index (χ3v) is 4.43. The number of nitrogens with zero attached hydrogens (tertiary/aromatic N) is 1. The second kappa shape index (κ2) is 7.98. The van der Waals surface area contributed by atoms with Crippen LogP contribution >= 0.6 is 23.4 Å². The lowest BCUT2D eigenvalue weighted by atomic mass is 10.3. The standard InChI is InChI=1S/C16H15ClF3NO2S/c1-11(24-14-6-4-12(17)5-7-14)15(22)21(10-16(18,19)20)9-13-3-2-8-23-13/h2-8,11H,9-10H2,1H3. The molecule has 2 rings (SSSR count). The number of benzene rings is 1. The molecule has 0 spiro atoms. The van der Waals surface area contributed by atoms with E-state index in [1.807, 2.05) is 0 Å². The zero-order chi connectivity index (χ0) is 17.7. The Kier molecular flexibility index (Phi) is 6.23. The number of furan rings is 1. The topological polar surface area (TPSA) is 33.5 Å². The smallest absolute Gasteiger partial charge is 0.406 e. The van der Waals surface area contributed by atoms with Crippen LogP contribution in [0.25, 0.3) is 0 Å². The van der Waals surface area contributed by atoms with E-state index < -0.39 is 23.9 Å². The molecular formula is C16H15ClF3NO2S. The highest BCUT2D eigenvalue weighted by Gasteiger charge is 2.35. The van der Waals surface area contributed by atoms with Gasteiger partial charge in [0.25, 0.3) is 0 Å². The molecule has 8 heteroatoms. The van der Waals surface area contributed by atoms with Gasteiger partial charge in [-0.25, -0.2) is 0 Å². The van der Waals surface area contributed by atoms with Crippen molar-refractivity contribution in [3.05, 3.63) is 53.4 Å². The predicted molar refractivity (Wildman–Crippen MR) is 87.0 cm³/mol. The second-order valence-corrected chi connectivity index (χ2v) is 6.95. The highest BCUT2D eigenvalue weighted by Crippen LogP contribution is 2.27. The van der Waals surface area contributed by atoms with Gasteiger partial charge in [0, 0.05) is 9.92 Å². The summed E-state index contributed by atoms with van der Waals surface area (Å²) in [5, 5.41) is -0.127. The molecule has 3 nitrogen and oxygen atoms in total. The van der Waals surface area contributed by atoms with Gasteiger partial charge in [-0.15, -0.1) is 11.8 Å². The summed E-state index contributed by atoms with van der Waals surface area (Å²) in [5.41, 5.74) is 0. The Balaban J connectivity index is 2.08. The van der Waals surface area contributed by atoms with Crippen molar-refractivity contribution in [2.75, 3.05) is 6.54 Å². The summed E-state index contributed by atoms with van der Waals surface area (Å²) in [7, 11) is 0. The predicted octanol–water partition coefficient (Wildman–Crippen LogP) is 5.00. The molecule has 0 radical (unpaired) electrons. The van der Waals surface area contributed by atoms with Crippen LogP contribution in [-0.4, -0.2) is 28.8 Å². The molecule has 0 saturated carbocycles. The summed E-state index contributed by atoms with van der Waals surface area (Å²) in [6, 6.07) is 9.87. The zero-order valence-corrected chi connectivity index (χ0v) is 14.3. The fourth-order valence-corrected chi connectivity index (χ4v) is 3.12. The molecule has 130 valence electrons. The number of carbonyl (C=O) groups is 1. The molecule has 0 aliphatic heterocycles. The van der Waals surface area contributed by atoms with E-state index in [-0.39, 0.29) is 6.54 Å². The molecule has 1 unspecified atom stereocenters. The van der Waals surface area contributed by atoms with Gasteiger partial charge < -0.3 is 9.32 Å². The highest BCUT2D eigenvalue weighted by molar-refractivity contribution is 8.00. The number of hydrogen-bond donors (Lipinski definition) is 0. The molecule has 0 aliphatic rings. The molecule has 24 heavy (non-hydrogen) atoms. The van der Waals surface area contributed by atoms with Crippen molar-refractivity contribution in [1.82, 2.24) is 4.90 Å². The van der Waals surface area contributed by atoms with Crippen LogP contribution < -0.4 is 0 Å². The van der Waals surface area contributed by atoms with Crippen LogP contribution in [-0.2, 0) is 11.3 Å². The average Bonchev–Trinajstić information content (AvgIpc) is 2.99. The van der Waals surface area contributed by atoms with Crippen LogP contribution in [0.2, 0.25) is 5.02 Å². The number of alkyl halides is 3. The zero-order valence-electron chi connectivity index (χ0n) is 12.7. The van der Waals surface area contributed by atoms with Crippen LogP contribution in [0, 0.1) is 0 Å². The van der Waals surface area contributed by atoms with Crippen LogP contribution in [0.5, 0.6) is 0 Å². The first kappa shape index (κ1) is 18.7. The molecule has 0 N–H and O–H groups in total. The summed E-state index contributed by atoms with van der Waals surface area (Å²) in [4.78, 5) is 14.0.